The van der Waals surface area contributed by atoms with Gasteiger partial charge in [0.1, 0.15) is 23.7 Å². The van der Waals surface area contributed by atoms with Crippen molar-refractivity contribution in [2.24, 2.45) is 0 Å². The van der Waals surface area contributed by atoms with Crippen molar-refractivity contribution in [3.63, 3.8) is 0 Å². The fourth-order valence-electron chi connectivity index (χ4n) is 2.93. The van der Waals surface area contributed by atoms with Gasteiger partial charge in [0.25, 0.3) is 5.91 Å². The smallest absolute Gasteiger partial charge is 0.287 e. The van der Waals surface area contributed by atoms with E-state index in [-0.39, 0.29) is 18.3 Å². The molecular formula is C22H19NO4. The molecule has 0 aliphatic rings. The van der Waals surface area contributed by atoms with Crippen LogP contribution >= 0.6 is 0 Å². The van der Waals surface area contributed by atoms with E-state index in [4.69, 9.17) is 13.6 Å². The molecule has 2 heterocycles. The number of amides is 1. The van der Waals surface area contributed by atoms with Gasteiger partial charge in [-0.05, 0) is 30.3 Å². The Morgan fingerprint density at radius 3 is 2.59 bits per heavy atom. The Bertz CT molecular complexity index is 1020. The van der Waals surface area contributed by atoms with E-state index in [0.717, 1.165) is 22.5 Å². The molecule has 0 unspecified atom stereocenters. The number of nitrogens with one attached hydrogen (secondary N) is 1. The van der Waals surface area contributed by atoms with Gasteiger partial charge in [0.05, 0.1) is 6.26 Å². The number of carbonyl (C=O) groups is 1. The molecule has 0 saturated carbocycles. The van der Waals surface area contributed by atoms with Gasteiger partial charge in [0, 0.05) is 23.9 Å². The molecule has 0 aliphatic carbocycles. The third kappa shape index (κ3) is 3.87. The predicted octanol–water partition coefficient (Wildman–Crippen LogP) is 4.58. The molecule has 1 N–H and O–H groups in total. The van der Waals surface area contributed by atoms with Crippen LogP contribution in [0.2, 0.25) is 0 Å². The maximum Gasteiger partial charge on any atom is 0.287 e. The first-order chi connectivity index (χ1) is 13.3. The van der Waals surface area contributed by atoms with Gasteiger partial charge in [-0.1, -0.05) is 36.4 Å². The number of ether oxygens (including phenoxy) is 1. The summed E-state index contributed by atoms with van der Waals surface area (Å²) in [5.74, 6) is 1.59. The Hall–Kier alpha value is -3.47. The fraction of sp³-hybridized carbons (Fsp3) is 0.136. The molecule has 2 aromatic heterocycles. The molecule has 0 aliphatic heterocycles. The molecule has 0 saturated heterocycles. The lowest BCUT2D eigenvalue weighted by molar-refractivity contribution is 0.0924. The van der Waals surface area contributed by atoms with Gasteiger partial charge in [-0.3, -0.25) is 4.79 Å². The zero-order valence-electron chi connectivity index (χ0n) is 14.7. The Kier molecular flexibility index (Phi) is 4.92. The minimum atomic E-state index is -0.260. The standard InChI is InChI=1S/C22H19NO4/c24-22(23-13-12-17-9-6-14-25-17)21-19(15-26-16-7-2-1-3-8-16)18-10-4-5-11-20(18)27-21/h1-11,14H,12-13,15H2,(H,23,24). The number of hydrogen-bond acceptors (Lipinski definition) is 4. The van der Waals surface area contributed by atoms with Crippen LogP contribution in [0.5, 0.6) is 5.75 Å². The first-order valence-corrected chi connectivity index (χ1v) is 8.80. The fourth-order valence-corrected chi connectivity index (χ4v) is 2.93. The van der Waals surface area contributed by atoms with Crippen LogP contribution in [-0.2, 0) is 13.0 Å². The van der Waals surface area contributed by atoms with E-state index >= 15 is 0 Å². The number of para-hydroxylation sites is 2. The van der Waals surface area contributed by atoms with Crippen LogP contribution in [0.3, 0.4) is 0 Å². The summed E-state index contributed by atoms with van der Waals surface area (Å²) in [5, 5.41) is 3.77. The highest BCUT2D eigenvalue weighted by atomic mass is 16.5. The Labute approximate surface area is 156 Å². The van der Waals surface area contributed by atoms with Gasteiger partial charge >= 0.3 is 0 Å². The third-order valence-corrected chi connectivity index (χ3v) is 4.27. The summed E-state index contributed by atoms with van der Waals surface area (Å²) in [6.07, 6.45) is 2.24. The SMILES string of the molecule is O=C(NCCc1ccco1)c1oc2ccccc2c1COc1ccccc1. The van der Waals surface area contributed by atoms with Crippen LogP contribution in [0, 0.1) is 0 Å². The minimum absolute atomic E-state index is 0.252. The van der Waals surface area contributed by atoms with E-state index in [1.807, 2.05) is 66.7 Å². The average Bonchev–Trinajstić information content (AvgIpc) is 3.35. The van der Waals surface area contributed by atoms with Crippen LogP contribution in [0.25, 0.3) is 11.0 Å². The zero-order chi connectivity index (χ0) is 18.5. The number of hydrogen-bond donors (Lipinski definition) is 1. The Balaban J connectivity index is 1.52. The third-order valence-electron chi connectivity index (χ3n) is 4.27. The van der Waals surface area contributed by atoms with Gasteiger partial charge in [0.2, 0.25) is 0 Å². The molecule has 0 bridgehead atoms. The second-order valence-electron chi connectivity index (χ2n) is 6.09. The summed E-state index contributed by atoms with van der Waals surface area (Å²) in [5.41, 5.74) is 1.41. The molecule has 0 spiro atoms. The van der Waals surface area contributed by atoms with E-state index in [0.29, 0.717) is 18.5 Å². The van der Waals surface area contributed by atoms with Crippen molar-refractivity contribution >= 4 is 16.9 Å². The summed E-state index contributed by atoms with van der Waals surface area (Å²) in [6, 6.07) is 20.8. The van der Waals surface area contributed by atoms with Crippen molar-refractivity contribution in [3.8, 4) is 5.75 Å². The van der Waals surface area contributed by atoms with Crippen molar-refractivity contribution in [3.05, 3.63) is 90.1 Å². The highest BCUT2D eigenvalue weighted by molar-refractivity contribution is 5.99. The molecule has 27 heavy (non-hydrogen) atoms. The van der Waals surface area contributed by atoms with Crippen LogP contribution in [0.1, 0.15) is 21.9 Å². The number of rotatable bonds is 7. The van der Waals surface area contributed by atoms with E-state index in [2.05, 4.69) is 5.32 Å². The van der Waals surface area contributed by atoms with E-state index in [9.17, 15) is 4.79 Å². The number of fused-ring (bicyclic) bond motifs is 1. The first kappa shape index (κ1) is 17.0. The molecule has 0 fully saturated rings. The topological polar surface area (TPSA) is 64.6 Å². The number of benzene rings is 2. The average molecular weight is 361 g/mol. The van der Waals surface area contributed by atoms with Crippen molar-refractivity contribution in [2.75, 3.05) is 6.54 Å². The summed E-state index contributed by atoms with van der Waals surface area (Å²) < 4.78 is 17.0. The monoisotopic (exact) mass is 361 g/mol. The van der Waals surface area contributed by atoms with Crippen molar-refractivity contribution in [1.82, 2.24) is 5.32 Å². The lowest BCUT2D eigenvalue weighted by atomic mass is 10.1. The first-order valence-electron chi connectivity index (χ1n) is 8.80. The van der Waals surface area contributed by atoms with Gasteiger partial charge in [0.15, 0.2) is 5.76 Å². The Morgan fingerprint density at radius 1 is 0.963 bits per heavy atom. The molecule has 2 aromatic carbocycles. The van der Waals surface area contributed by atoms with Crippen molar-refractivity contribution in [2.45, 2.75) is 13.0 Å². The maximum absolute atomic E-state index is 12.7. The zero-order valence-corrected chi connectivity index (χ0v) is 14.7. The van der Waals surface area contributed by atoms with Crippen LogP contribution in [0.4, 0.5) is 0 Å². The molecule has 4 aromatic rings. The van der Waals surface area contributed by atoms with Gasteiger partial charge in [-0.15, -0.1) is 0 Å². The van der Waals surface area contributed by atoms with E-state index in [1.165, 1.54) is 0 Å². The molecule has 136 valence electrons. The van der Waals surface area contributed by atoms with Gasteiger partial charge in [-0.2, -0.15) is 0 Å². The van der Waals surface area contributed by atoms with Crippen LogP contribution < -0.4 is 10.1 Å². The summed E-state index contributed by atoms with van der Waals surface area (Å²) >= 11 is 0. The van der Waals surface area contributed by atoms with Crippen LogP contribution in [-0.4, -0.2) is 12.5 Å². The molecule has 5 nitrogen and oxygen atoms in total. The highest BCUT2D eigenvalue weighted by Crippen LogP contribution is 2.27. The lowest BCUT2D eigenvalue weighted by Crippen LogP contribution is -2.26. The number of furan rings is 2. The molecule has 1 amide bonds. The quantitative estimate of drug-likeness (QED) is 0.523. The molecule has 4 rings (SSSR count). The largest absolute Gasteiger partial charge is 0.489 e. The molecular weight excluding hydrogens is 342 g/mol. The molecule has 0 radical (unpaired) electrons. The summed E-state index contributed by atoms with van der Waals surface area (Å²) in [7, 11) is 0. The van der Waals surface area contributed by atoms with Crippen LogP contribution in [0.15, 0.2) is 81.8 Å². The van der Waals surface area contributed by atoms with Gasteiger partial charge in [-0.25, -0.2) is 0 Å². The van der Waals surface area contributed by atoms with Crippen molar-refractivity contribution in [1.29, 1.82) is 0 Å². The molecule has 5 heteroatoms. The maximum atomic E-state index is 12.7. The van der Waals surface area contributed by atoms with E-state index < -0.39 is 0 Å². The second kappa shape index (κ2) is 7.83. The van der Waals surface area contributed by atoms with Crippen molar-refractivity contribution < 1.29 is 18.4 Å². The normalized spacial score (nSPS) is 10.8. The van der Waals surface area contributed by atoms with Gasteiger partial charge < -0.3 is 18.9 Å². The Morgan fingerprint density at radius 2 is 1.78 bits per heavy atom. The lowest BCUT2D eigenvalue weighted by Gasteiger charge is -2.07. The molecule has 0 atom stereocenters. The number of carbonyl (C=O) groups excluding carboxylic acids is 1. The summed E-state index contributed by atoms with van der Waals surface area (Å²) in [4.78, 5) is 12.7. The van der Waals surface area contributed by atoms with E-state index in [1.54, 1.807) is 6.26 Å². The predicted molar refractivity (Wildman–Crippen MR) is 102 cm³/mol. The minimum Gasteiger partial charge on any atom is -0.489 e. The highest BCUT2D eigenvalue weighted by Gasteiger charge is 2.20. The second-order valence-corrected chi connectivity index (χ2v) is 6.09. The summed E-state index contributed by atoms with van der Waals surface area (Å²) in [6.45, 7) is 0.713.